The van der Waals surface area contributed by atoms with Crippen LogP contribution in [-0.4, -0.2) is 13.0 Å². The number of hydrogen-bond acceptors (Lipinski definition) is 3. The Morgan fingerprint density at radius 1 is 1.14 bits per heavy atom. The van der Waals surface area contributed by atoms with Crippen LogP contribution in [0.25, 0.3) is 0 Å². The summed E-state index contributed by atoms with van der Waals surface area (Å²) in [6, 6.07) is 13.3. The van der Waals surface area contributed by atoms with Crippen LogP contribution in [-0.2, 0) is 17.9 Å². The summed E-state index contributed by atoms with van der Waals surface area (Å²) < 4.78 is 5.17. The maximum atomic E-state index is 12.3. The summed E-state index contributed by atoms with van der Waals surface area (Å²) >= 11 is 0. The average Bonchev–Trinajstić information content (AvgIpc) is 2.46. The van der Waals surface area contributed by atoms with Gasteiger partial charge in [0.15, 0.2) is 0 Å². The molecule has 0 radical (unpaired) electrons. The highest BCUT2D eigenvalue weighted by molar-refractivity contribution is 6.00. The Morgan fingerprint density at radius 3 is 2.52 bits per heavy atom. The molecule has 2 aromatic carbocycles. The number of anilines is 1. The van der Waals surface area contributed by atoms with Crippen LogP contribution < -0.4 is 11.1 Å². The highest BCUT2D eigenvalue weighted by atomic mass is 16.5. The summed E-state index contributed by atoms with van der Waals surface area (Å²) in [6.07, 6.45) is 0. The van der Waals surface area contributed by atoms with E-state index in [0.717, 1.165) is 16.7 Å². The SMILES string of the molecule is COCc1ccccc1CNC(=O)c1c(C)cccc1N. The molecule has 4 heteroatoms. The van der Waals surface area contributed by atoms with E-state index in [1.165, 1.54) is 0 Å². The first-order chi connectivity index (χ1) is 10.1. The Kier molecular flexibility index (Phi) is 4.95. The molecule has 0 spiro atoms. The fourth-order valence-electron chi connectivity index (χ4n) is 2.29. The van der Waals surface area contributed by atoms with Crippen LogP contribution in [0.1, 0.15) is 27.0 Å². The van der Waals surface area contributed by atoms with E-state index in [9.17, 15) is 4.79 Å². The molecule has 0 atom stereocenters. The number of rotatable bonds is 5. The molecule has 0 fully saturated rings. The molecule has 0 aliphatic rings. The minimum atomic E-state index is -0.155. The predicted octanol–water partition coefficient (Wildman–Crippen LogP) is 2.65. The van der Waals surface area contributed by atoms with Gasteiger partial charge in [0.1, 0.15) is 0 Å². The molecular formula is C17H20N2O2. The van der Waals surface area contributed by atoms with Gasteiger partial charge in [0.05, 0.1) is 12.2 Å². The van der Waals surface area contributed by atoms with Gasteiger partial charge in [-0.1, -0.05) is 36.4 Å². The lowest BCUT2D eigenvalue weighted by Gasteiger charge is -2.12. The normalized spacial score (nSPS) is 10.4. The highest BCUT2D eigenvalue weighted by Crippen LogP contribution is 2.16. The minimum Gasteiger partial charge on any atom is -0.398 e. The van der Waals surface area contributed by atoms with Gasteiger partial charge in [-0.25, -0.2) is 0 Å². The van der Waals surface area contributed by atoms with Crippen LogP contribution >= 0.6 is 0 Å². The molecule has 1 amide bonds. The number of carbonyl (C=O) groups is 1. The van der Waals surface area contributed by atoms with Gasteiger partial charge in [0.25, 0.3) is 5.91 Å². The molecule has 0 aliphatic heterocycles. The van der Waals surface area contributed by atoms with E-state index in [1.807, 2.05) is 43.3 Å². The average molecular weight is 284 g/mol. The molecule has 4 nitrogen and oxygen atoms in total. The summed E-state index contributed by atoms with van der Waals surface area (Å²) in [6.45, 7) is 2.86. The Labute approximate surface area is 124 Å². The van der Waals surface area contributed by atoms with Crippen molar-refractivity contribution in [1.82, 2.24) is 5.32 Å². The number of hydrogen-bond donors (Lipinski definition) is 2. The fraction of sp³-hybridized carbons (Fsp3) is 0.235. The lowest BCUT2D eigenvalue weighted by atomic mass is 10.1. The zero-order valence-electron chi connectivity index (χ0n) is 12.3. The molecule has 2 rings (SSSR count). The lowest BCUT2D eigenvalue weighted by molar-refractivity contribution is 0.0950. The van der Waals surface area contributed by atoms with Crippen molar-refractivity contribution >= 4 is 11.6 Å². The molecule has 0 aromatic heterocycles. The molecule has 110 valence electrons. The smallest absolute Gasteiger partial charge is 0.253 e. The quantitative estimate of drug-likeness (QED) is 0.830. The van der Waals surface area contributed by atoms with Crippen molar-refractivity contribution in [2.75, 3.05) is 12.8 Å². The molecule has 0 saturated carbocycles. The number of nitrogen functional groups attached to an aromatic ring is 1. The van der Waals surface area contributed by atoms with Gasteiger partial charge in [-0.05, 0) is 29.7 Å². The van der Waals surface area contributed by atoms with E-state index in [0.29, 0.717) is 24.4 Å². The zero-order valence-corrected chi connectivity index (χ0v) is 12.3. The first-order valence-electron chi connectivity index (χ1n) is 6.82. The molecule has 21 heavy (non-hydrogen) atoms. The van der Waals surface area contributed by atoms with Gasteiger partial charge in [0.2, 0.25) is 0 Å². The Hall–Kier alpha value is -2.33. The largest absolute Gasteiger partial charge is 0.398 e. The number of nitrogens with one attached hydrogen (secondary N) is 1. The number of ether oxygens (including phenoxy) is 1. The summed E-state index contributed by atoms with van der Waals surface area (Å²) in [5.74, 6) is -0.155. The van der Waals surface area contributed by atoms with Crippen LogP contribution in [0.2, 0.25) is 0 Å². The number of aryl methyl sites for hydroxylation is 1. The standard InChI is InChI=1S/C17H20N2O2/c1-12-6-5-9-15(18)16(12)17(20)19-10-13-7-3-4-8-14(13)11-21-2/h3-9H,10-11,18H2,1-2H3,(H,19,20). The van der Waals surface area contributed by atoms with Crippen LogP contribution in [0.3, 0.4) is 0 Å². The van der Waals surface area contributed by atoms with Crippen LogP contribution in [0.5, 0.6) is 0 Å². The van der Waals surface area contributed by atoms with Crippen LogP contribution in [0, 0.1) is 6.92 Å². The predicted molar refractivity (Wildman–Crippen MR) is 83.9 cm³/mol. The van der Waals surface area contributed by atoms with Crippen molar-refractivity contribution in [2.24, 2.45) is 0 Å². The highest BCUT2D eigenvalue weighted by Gasteiger charge is 2.12. The van der Waals surface area contributed by atoms with E-state index in [-0.39, 0.29) is 5.91 Å². The number of carbonyl (C=O) groups excluding carboxylic acids is 1. The molecule has 0 bridgehead atoms. The molecular weight excluding hydrogens is 264 g/mol. The van der Waals surface area contributed by atoms with E-state index in [4.69, 9.17) is 10.5 Å². The second-order valence-electron chi connectivity index (χ2n) is 4.92. The maximum Gasteiger partial charge on any atom is 0.253 e. The second-order valence-corrected chi connectivity index (χ2v) is 4.92. The molecule has 0 saturated heterocycles. The molecule has 2 aromatic rings. The van der Waals surface area contributed by atoms with Crippen molar-refractivity contribution < 1.29 is 9.53 Å². The first-order valence-corrected chi connectivity index (χ1v) is 6.82. The van der Waals surface area contributed by atoms with E-state index in [2.05, 4.69) is 5.32 Å². The molecule has 0 aliphatic carbocycles. The monoisotopic (exact) mass is 284 g/mol. The summed E-state index contributed by atoms with van der Waals surface area (Å²) in [5.41, 5.74) is 9.91. The van der Waals surface area contributed by atoms with E-state index in [1.54, 1.807) is 13.2 Å². The van der Waals surface area contributed by atoms with Gasteiger partial charge in [-0.3, -0.25) is 4.79 Å². The number of benzene rings is 2. The summed E-state index contributed by atoms with van der Waals surface area (Å²) in [5, 5.41) is 2.92. The maximum absolute atomic E-state index is 12.3. The third-order valence-electron chi connectivity index (χ3n) is 3.39. The zero-order chi connectivity index (χ0) is 15.2. The van der Waals surface area contributed by atoms with Crippen molar-refractivity contribution in [1.29, 1.82) is 0 Å². The van der Waals surface area contributed by atoms with Gasteiger partial charge < -0.3 is 15.8 Å². The van der Waals surface area contributed by atoms with Crippen LogP contribution in [0.15, 0.2) is 42.5 Å². The fourth-order valence-corrected chi connectivity index (χ4v) is 2.29. The number of amides is 1. The summed E-state index contributed by atoms with van der Waals surface area (Å²) in [4.78, 5) is 12.3. The lowest BCUT2D eigenvalue weighted by Crippen LogP contribution is -2.25. The number of nitrogens with two attached hydrogens (primary N) is 1. The van der Waals surface area contributed by atoms with Crippen molar-refractivity contribution in [2.45, 2.75) is 20.1 Å². The molecule has 0 heterocycles. The first kappa shape index (κ1) is 15.1. The third-order valence-corrected chi connectivity index (χ3v) is 3.39. The molecule has 0 unspecified atom stereocenters. The topological polar surface area (TPSA) is 64.3 Å². The van der Waals surface area contributed by atoms with Gasteiger partial charge in [-0.2, -0.15) is 0 Å². The summed E-state index contributed by atoms with van der Waals surface area (Å²) in [7, 11) is 1.66. The number of methoxy groups -OCH3 is 1. The van der Waals surface area contributed by atoms with Gasteiger partial charge in [0, 0.05) is 19.3 Å². The van der Waals surface area contributed by atoms with E-state index < -0.39 is 0 Å². The van der Waals surface area contributed by atoms with Crippen LogP contribution in [0.4, 0.5) is 5.69 Å². The van der Waals surface area contributed by atoms with Crippen molar-refractivity contribution in [3.05, 3.63) is 64.7 Å². The van der Waals surface area contributed by atoms with Gasteiger partial charge >= 0.3 is 0 Å². The molecule has 3 N–H and O–H groups in total. The van der Waals surface area contributed by atoms with Crippen molar-refractivity contribution in [3.63, 3.8) is 0 Å². The Bertz CT molecular complexity index is 618. The Morgan fingerprint density at radius 2 is 1.86 bits per heavy atom. The second kappa shape index (κ2) is 6.90. The minimum absolute atomic E-state index is 0.155. The Balaban J connectivity index is 2.11. The third kappa shape index (κ3) is 3.61. The van der Waals surface area contributed by atoms with Gasteiger partial charge in [-0.15, -0.1) is 0 Å². The van der Waals surface area contributed by atoms with E-state index >= 15 is 0 Å². The van der Waals surface area contributed by atoms with Crippen molar-refractivity contribution in [3.8, 4) is 0 Å².